The van der Waals surface area contributed by atoms with Gasteiger partial charge in [-0.05, 0) is 43.0 Å². The quantitative estimate of drug-likeness (QED) is 0.557. The number of nitrogens with zero attached hydrogens (tertiary/aromatic N) is 2. The summed E-state index contributed by atoms with van der Waals surface area (Å²) < 4.78 is 2.30. The Morgan fingerprint density at radius 1 is 0.867 bits per heavy atom. The lowest BCUT2D eigenvalue weighted by Crippen LogP contribution is -2.15. The number of hydrogen-bond donors (Lipinski definition) is 0. The van der Waals surface area contributed by atoms with Gasteiger partial charge < -0.3 is 0 Å². The van der Waals surface area contributed by atoms with Crippen LogP contribution in [0.1, 0.15) is 57.8 Å². The molecule has 0 N–H and O–H groups in total. The zero-order chi connectivity index (χ0) is 10.1. The van der Waals surface area contributed by atoms with Gasteiger partial charge in [-0.2, -0.15) is 0 Å². The average Bonchev–Trinajstić information content (AvgIpc) is 2.74. The van der Waals surface area contributed by atoms with Crippen LogP contribution in [0, 0.1) is 0 Å². The number of fused-ring (bicyclic) bond motifs is 1. The largest absolute Gasteiger partial charge is 0.283 e. The smallest absolute Gasteiger partial charge is 0.0522 e. The Kier molecular flexibility index (Phi) is 2.70. The molecule has 1 heterocycles. The van der Waals surface area contributed by atoms with Gasteiger partial charge in [0.05, 0.1) is 5.29 Å². The second-order valence-electron chi connectivity index (χ2n) is 4.72. The molecule has 2 nitrogen and oxygen atoms in total. The minimum Gasteiger partial charge on any atom is -0.0522 e. The second kappa shape index (κ2) is 4.17. The maximum Gasteiger partial charge on any atom is 0.283 e. The molecule has 0 amide bonds. The van der Waals surface area contributed by atoms with Gasteiger partial charge in [-0.15, -0.1) is 0 Å². The third kappa shape index (κ3) is 1.92. The van der Waals surface area contributed by atoms with E-state index in [9.17, 15) is 0 Å². The van der Waals surface area contributed by atoms with Gasteiger partial charge >= 0.3 is 0 Å². The van der Waals surface area contributed by atoms with Gasteiger partial charge in [0, 0.05) is 17.9 Å². The molecule has 3 heteroatoms. The third-order valence-electron chi connectivity index (χ3n) is 3.55. The molecule has 15 heavy (non-hydrogen) atoms. The minimum absolute atomic E-state index is 1.23. The summed E-state index contributed by atoms with van der Waals surface area (Å²) in [6.07, 6.45) is 12.0. The summed E-state index contributed by atoms with van der Waals surface area (Å²) in [7, 11) is 1.39. The van der Waals surface area contributed by atoms with Crippen molar-refractivity contribution in [1.29, 1.82) is 0 Å². The average molecular weight is 221 g/mol. The van der Waals surface area contributed by atoms with E-state index in [1.165, 1.54) is 71.9 Å². The third-order valence-corrected chi connectivity index (χ3v) is 4.84. The van der Waals surface area contributed by atoms with E-state index in [0.29, 0.717) is 0 Å². The second-order valence-corrected chi connectivity index (χ2v) is 5.84. The lowest BCUT2D eigenvalue weighted by atomic mass is 9.98. The van der Waals surface area contributed by atoms with Crippen molar-refractivity contribution in [2.45, 2.75) is 57.8 Å². The highest BCUT2D eigenvalue weighted by molar-refractivity contribution is 7.38. The Morgan fingerprint density at radius 3 is 2.40 bits per heavy atom. The van der Waals surface area contributed by atoms with Crippen molar-refractivity contribution in [1.82, 2.24) is 0 Å². The lowest BCUT2D eigenvalue weighted by molar-refractivity contribution is -0.359. The van der Waals surface area contributed by atoms with Crippen molar-refractivity contribution < 1.29 is 4.46 Å². The van der Waals surface area contributed by atoms with E-state index in [0.717, 1.165) is 0 Å². The lowest BCUT2D eigenvalue weighted by Gasteiger charge is -2.07. The van der Waals surface area contributed by atoms with Crippen molar-refractivity contribution in [3.05, 3.63) is 0 Å². The summed E-state index contributed by atoms with van der Waals surface area (Å²) in [4.78, 5) is 0. The minimum atomic E-state index is 1.23. The molecule has 80 valence electrons. The number of hydrazone groups is 1. The van der Waals surface area contributed by atoms with Crippen molar-refractivity contribution in [2.24, 2.45) is 5.10 Å². The first-order valence-electron chi connectivity index (χ1n) is 6.24. The normalized spacial score (nSPS) is 27.2. The summed E-state index contributed by atoms with van der Waals surface area (Å²) in [5, 5.41) is 6.41. The van der Waals surface area contributed by atoms with Gasteiger partial charge in [0.15, 0.2) is 5.71 Å². The molecule has 2 fully saturated rings. The van der Waals surface area contributed by atoms with Gasteiger partial charge in [0.1, 0.15) is 5.71 Å². The molecule has 0 aromatic rings. The van der Waals surface area contributed by atoms with Gasteiger partial charge in [0.2, 0.25) is 0 Å². The summed E-state index contributed by atoms with van der Waals surface area (Å²) >= 11 is 0. The zero-order valence-electron chi connectivity index (χ0n) is 9.21. The zero-order valence-corrected chi connectivity index (χ0v) is 10.1. The van der Waals surface area contributed by atoms with Crippen molar-refractivity contribution in [3.63, 3.8) is 0 Å². The van der Waals surface area contributed by atoms with Crippen LogP contribution < -0.4 is 0 Å². The SMILES string of the molecule is C1CCC(=[N+]2N=C3CCCCC3=P2)CC1. The van der Waals surface area contributed by atoms with Crippen LogP contribution in [0.4, 0.5) is 0 Å². The fraction of sp³-hybridized carbons (Fsp3) is 0.750. The maximum absolute atomic E-state index is 4.80. The van der Waals surface area contributed by atoms with Gasteiger partial charge in [-0.3, -0.25) is 0 Å². The maximum atomic E-state index is 4.80. The van der Waals surface area contributed by atoms with Gasteiger partial charge in [0.25, 0.3) is 8.35 Å². The summed E-state index contributed by atoms with van der Waals surface area (Å²) in [5.41, 5.74) is 3.01. The monoisotopic (exact) mass is 221 g/mol. The molecule has 0 unspecified atom stereocenters. The fourth-order valence-electron chi connectivity index (χ4n) is 2.64. The first-order chi connectivity index (χ1) is 7.43. The molecule has 3 aliphatic rings. The number of rotatable bonds is 0. The molecule has 0 atom stereocenters. The van der Waals surface area contributed by atoms with E-state index in [1.807, 2.05) is 0 Å². The van der Waals surface area contributed by atoms with Crippen LogP contribution in [0.5, 0.6) is 0 Å². The predicted molar refractivity (Wildman–Crippen MR) is 66.2 cm³/mol. The summed E-state index contributed by atoms with van der Waals surface area (Å²) in [5.74, 6) is 0. The Morgan fingerprint density at radius 2 is 1.60 bits per heavy atom. The van der Waals surface area contributed by atoms with Crippen molar-refractivity contribution >= 4 is 25.1 Å². The first-order valence-corrected chi connectivity index (χ1v) is 7.08. The Labute approximate surface area is 92.9 Å². The fourth-order valence-corrected chi connectivity index (χ4v) is 3.89. The van der Waals surface area contributed by atoms with Gasteiger partial charge in [-0.25, -0.2) is 0 Å². The van der Waals surface area contributed by atoms with Crippen LogP contribution in [-0.4, -0.2) is 21.2 Å². The highest BCUT2D eigenvalue weighted by Gasteiger charge is 2.29. The molecule has 0 saturated heterocycles. The Bertz CT molecular complexity index is 334. The van der Waals surface area contributed by atoms with E-state index >= 15 is 0 Å². The van der Waals surface area contributed by atoms with E-state index in [4.69, 9.17) is 5.10 Å². The molecule has 0 radical (unpaired) electrons. The van der Waals surface area contributed by atoms with E-state index < -0.39 is 0 Å². The van der Waals surface area contributed by atoms with Crippen LogP contribution in [-0.2, 0) is 0 Å². The number of hydrogen-bond acceptors (Lipinski definition) is 1. The molecule has 0 spiro atoms. The Balaban J connectivity index is 1.89. The standard InChI is InChI=1S/C12H18N2P/c1-2-6-10(7-3-1)14-13-11-8-4-5-9-12(11)15-14/h1-9H2/q+1. The highest BCUT2D eigenvalue weighted by atomic mass is 31.1. The molecule has 0 aromatic carbocycles. The first kappa shape index (κ1) is 9.72. The molecule has 0 aromatic heterocycles. The highest BCUT2D eigenvalue weighted by Crippen LogP contribution is 2.27. The molecule has 0 bridgehead atoms. The molecule has 2 saturated carbocycles. The Hall–Kier alpha value is -0.490. The molecule has 2 aliphatic carbocycles. The van der Waals surface area contributed by atoms with Crippen LogP contribution in [0.25, 0.3) is 0 Å². The van der Waals surface area contributed by atoms with Crippen LogP contribution >= 0.6 is 8.35 Å². The molecule has 1 aliphatic heterocycles. The van der Waals surface area contributed by atoms with Gasteiger partial charge in [-0.1, -0.05) is 6.42 Å². The molecule has 3 rings (SSSR count). The van der Waals surface area contributed by atoms with Crippen molar-refractivity contribution in [3.8, 4) is 0 Å². The summed E-state index contributed by atoms with van der Waals surface area (Å²) in [6.45, 7) is 0. The van der Waals surface area contributed by atoms with Crippen LogP contribution in [0.15, 0.2) is 5.10 Å². The predicted octanol–water partition coefficient (Wildman–Crippen LogP) is 3.38. The van der Waals surface area contributed by atoms with E-state index in [2.05, 4.69) is 4.46 Å². The van der Waals surface area contributed by atoms with Crippen LogP contribution in [0.3, 0.4) is 0 Å². The van der Waals surface area contributed by atoms with Crippen LogP contribution in [0.2, 0.25) is 0 Å². The molecular weight excluding hydrogens is 203 g/mol. The molecular formula is C12H18N2P+. The van der Waals surface area contributed by atoms with E-state index in [-0.39, 0.29) is 0 Å². The summed E-state index contributed by atoms with van der Waals surface area (Å²) in [6, 6.07) is 0. The topological polar surface area (TPSA) is 15.4 Å². The van der Waals surface area contributed by atoms with Crippen molar-refractivity contribution in [2.75, 3.05) is 0 Å². The van der Waals surface area contributed by atoms with E-state index in [1.54, 1.807) is 11.0 Å².